The van der Waals surface area contributed by atoms with Gasteiger partial charge in [-0.15, -0.1) is 0 Å². The van der Waals surface area contributed by atoms with E-state index in [9.17, 15) is 4.79 Å². The molecule has 0 amide bonds. The molecule has 0 heterocycles. The Kier molecular flexibility index (Phi) is 5.28. The summed E-state index contributed by atoms with van der Waals surface area (Å²) < 4.78 is 4.99. The highest BCUT2D eigenvalue weighted by atomic mass is 127. The van der Waals surface area contributed by atoms with Gasteiger partial charge in [-0.3, -0.25) is 4.79 Å². The third-order valence-electron chi connectivity index (χ3n) is 3.15. The molecule has 0 saturated heterocycles. The minimum atomic E-state index is -0.442. The summed E-state index contributed by atoms with van der Waals surface area (Å²) in [6, 6.07) is 0.00263. The number of rotatable bonds is 7. The molecule has 0 aliphatic heterocycles. The summed E-state index contributed by atoms with van der Waals surface area (Å²) in [7, 11) is 0. The first-order chi connectivity index (χ1) is 8.29. The van der Waals surface area contributed by atoms with E-state index in [4.69, 9.17) is 10.3 Å². The topological polar surface area (TPSA) is 75.1 Å². The van der Waals surface area contributed by atoms with Crippen molar-refractivity contribution in [2.45, 2.75) is 62.5 Å². The first kappa shape index (κ1) is 15.6. The molecule has 0 aromatic rings. The van der Waals surface area contributed by atoms with Crippen LogP contribution in [0.5, 0.6) is 0 Å². The summed E-state index contributed by atoms with van der Waals surface area (Å²) in [6.45, 7) is 5.65. The summed E-state index contributed by atoms with van der Waals surface area (Å²) >= 11 is 2.12. The van der Waals surface area contributed by atoms with E-state index in [1.165, 1.54) is 0 Å². The van der Waals surface area contributed by atoms with Crippen LogP contribution in [0.1, 0.15) is 52.9 Å². The smallest absolute Gasteiger partial charge is 0.313 e. The second-order valence-corrected chi connectivity index (χ2v) is 8.08. The molecule has 0 N–H and O–H groups in total. The van der Waals surface area contributed by atoms with E-state index < -0.39 is 3.61 Å². The van der Waals surface area contributed by atoms with Gasteiger partial charge in [-0.05, 0) is 67.7 Å². The van der Waals surface area contributed by atoms with Crippen molar-refractivity contribution in [3.63, 3.8) is 0 Å². The quantitative estimate of drug-likeness (QED) is 0.168. The Labute approximate surface area is 121 Å². The average Bonchev–Trinajstić information content (AvgIpc) is 2.96. The third kappa shape index (κ3) is 5.02. The highest BCUT2D eigenvalue weighted by Gasteiger charge is 2.51. The molecule has 1 saturated carbocycles. The first-order valence-electron chi connectivity index (χ1n) is 6.26. The van der Waals surface area contributed by atoms with Gasteiger partial charge in [0.25, 0.3) is 0 Å². The number of hydrogen-bond acceptors (Lipinski definition) is 3. The number of nitrogens with zero attached hydrogens (tertiary/aromatic N) is 3. The van der Waals surface area contributed by atoms with E-state index >= 15 is 0 Å². The molecule has 1 aliphatic carbocycles. The maximum atomic E-state index is 12.0. The maximum absolute atomic E-state index is 12.0. The zero-order valence-corrected chi connectivity index (χ0v) is 13.3. The molecule has 0 aromatic heterocycles. The SMILES string of the molecule is CC(CCCC1(C(=O)OC(C)(C)I)CC1)N=[N+]=[N-]. The molecular formula is C12H20IN3O2. The Balaban J connectivity index is 2.37. The number of carbonyl (C=O) groups is 1. The third-order valence-corrected chi connectivity index (χ3v) is 3.37. The molecule has 102 valence electrons. The monoisotopic (exact) mass is 365 g/mol. The Morgan fingerprint density at radius 3 is 2.67 bits per heavy atom. The molecule has 5 nitrogen and oxygen atoms in total. The van der Waals surface area contributed by atoms with Gasteiger partial charge in [0.1, 0.15) is 0 Å². The molecule has 1 rings (SSSR count). The van der Waals surface area contributed by atoms with E-state index in [2.05, 4.69) is 32.6 Å². The van der Waals surface area contributed by atoms with Crippen LogP contribution in [0.2, 0.25) is 0 Å². The van der Waals surface area contributed by atoms with E-state index in [1.807, 2.05) is 20.8 Å². The van der Waals surface area contributed by atoms with Gasteiger partial charge >= 0.3 is 5.97 Å². The van der Waals surface area contributed by atoms with Gasteiger partial charge in [0.15, 0.2) is 3.61 Å². The van der Waals surface area contributed by atoms with E-state index in [0.29, 0.717) is 0 Å². The summed E-state index contributed by atoms with van der Waals surface area (Å²) in [5.74, 6) is -0.0710. The Bertz CT molecular complexity index is 355. The lowest BCUT2D eigenvalue weighted by Crippen LogP contribution is -2.27. The molecule has 0 radical (unpaired) electrons. The van der Waals surface area contributed by atoms with Crippen molar-refractivity contribution >= 4 is 28.6 Å². The standard InChI is InChI=1S/C12H20IN3O2/c1-9(15-16-14)5-4-6-12(7-8-12)10(17)18-11(2,3)13/h9H,4-8H2,1-3H3. The molecule has 18 heavy (non-hydrogen) atoms. The van der Waals surface area contributed by atoms with Crippen molar-refractivity contribution in [1.29, 1.82) is 0 Å². The number of carbonyl (C=O) groups excluding carboxylic acids is 1. The number of halogens is 1. The van der Waals surface area contributed by atoms with Crippen LogP contribution < -0.4 is 0 Å². The van der Waals surface area contributed by atoms with Crippen molar-refractivity contribution in [3.8, 4) is 0 Å². The molecule has 1 atom stereocenters. The minimum Gasteiger partial charge on any atom is -0.449 e. The van der Waals surface area contributed by atoms with Crippen LogP contribution in [-0.2, 0) is 9.53 Å². The van der Waals surface area contributed by atoms with Crippen molar-refractivity contribution in [1.82, 2.24) is 0 Å². The maximum Gasteiger partial charge on any atom is 0.313 e. The zero-order valence-electron chi connectivity index (χ0n) is 11.1. The number of alkyl halides is 1. The summed E-state index contributed by atoms with van der Waals surface area (Å²) in [5.41, 5.74) is 8.06. The van der Waals surface area contributed by atoms with Gasteiger partial charge in [-0.25, -0.2) is 0 Å². The van der Waals surface area contributed by atoms with Gasteiger partial charge in [0, 0.05) is 11.0 Å². The lowest BCUT2D eigenvalue weighted by Gasteiger charge is -2.22. The van der Waals surface area contributed by atoms with Crippen molar-refractivity contribution in [3.05, 3.63) is 10.4 Å². The minimum absolute atomic E-state index is 0.00263. The molecule has 1 unspecified atom stereocenters. The fraction of sp³-hybridized carbons (Fsp3) is 0.917. The predicted molar refractivity (Wildman–Crippen MR) is 78.3 cm³/mol. The number of esters is 1. The van der Waals surface area contributed by atoms with Crippen molar-refractivity contribution < 1.29 is 9.53 Å². The van der Waals surface area contributed by atoms with Gasteiger partial charge in [0.2, 0.25) is 0 Å². The fourth-order valence-electron chi connectivity index (χ4n) is 1.92. The normalized spacial score (nSPS) is 18.7. The second-order valence-electron chi connectivity index (χ2n) is 5.48. The number of azide groups is 1. The highest BCUT2D eigenvalue weighted by molar-refractivity contribution is 14.1. The van der Waals surface area contributed by atoms with Crippen LogP contribution in [0.3, 0.4) is 0 Å². The molecule has 6 heteroatoms. The lowest BCUT2D eigenvalue weighted by atomic mass is 9.97. The van der Waals surface area contributed by atoms with Gasteiger partial charge in [-0.1, -0.05) is 18.5 Å². The van der Waals surface area contributed by atoms with Crippen molar-refractivity contribution in [2.75, 3.05) is 0 Å². The molecular weight excluding hydrogens is 345 g/mol. The van der Waals surface area contributed by atoms with E-state index in [1.54, 1.807) is 0 Å². The second kappa shape index (κ2) is 6.10. The molecule has 1 aliphatic rings. The van der Waals surface area contributed by atoms with Crippen LogP contribution >= 0.6 is 22.6 Å². The highest BCUT2D eigenvalue weighted by Crippen LogP contribution is 2.51. The fourth-order valence-corrected chi connectivity index (χ4v) is 2.12. The summed E-state index contributed by atoms with van der Waals surface area (Å²) in [6.07, 6.45) is 4.41. The van der Waals surface area contributed by atoms with Crippen LogP contribution in [0.4, 0.5) is 0 Å². The van der Waals surface area contributed by atoms with E-state index in [-0.39, 0.29) is 17.4 Å². The van der Waals surface area contributed by atoms with Crippen LogP contribution in [0.15, 0.2) is 5.11 Å². The van der Waals surface area contributed by atoms with Crippen LogP contribution in [0.25, 0.3) is 10.4 Å². The first-order valence-corrected chi connectivity index (χ1v) is 7.33. The molecule has 0 bridgehead atoms. The van der Waals surface area contributed by atoms with Crippen molar-refractivity contribution in [2.24, 2.45) is 10.5 Å². The Morgan fingerprint density at radius 2 is 2.22 bits per heavy atom. The van der Waals surface area contributed by atoms with Gasteiger partial charge < -0.3 is 4.74 Å². The lowest BCUT2D eigenvalue weighted by molar-refractivity contribution is -0.155. The summed E-state index contributed by atoms with van der Waals surface area (Å²) in [5, 5.41) is 3.63. The average molecular weight is 365 g/mol. The molecule has 0 spiro atoms. The number of hydrogen-bond donors (Lipinski definition) is 0. The van der Waals surface area contributed by atoms with Gasteiger partial charge in [0.05, 0.1) is 5.41 Å². The number of ether oxygens (including phenoxy) is 1. The van der Waals surface area contributed by atoms with E-state index in [0.717, 1.165) is 32.1 Å². The van der Waals surface area contributed by atoms with Crippen LogP contribution in [-0.4, -0.2) is 15.6 Å². The van der Waals surface area contributed by atoms with Gasteiger partial charge in [-0.2, -0.15) is 0 Å². The molecule has 0 aromatic carbocycles. The Hall–Kier alpha value is -0.490. The molecule has 1 fully saturated rings. The summed E-state index contributed by atoms with van der Waals surface area (Å²) in [4.78, 5) is 14.8. The Morgan fingerprint density at radius 1 is 1.61 bits per heavy atom. The predicted octanol–water partition coefficient (Wildman–Crippen LogP) is 4.35. The largest absolute Gasteiger partial charge is 0.449 e. The van der Waals surface area contributed by atoms with Crippen LogP contribution in [0, 0.1) is 5.41 Å². The zero-order chi connectivity index (χ0) is 13.8.